The second kappa shape index (κ2) is 5.30. The molecule has 1 aliphatic heterocycles. The quantitative estimate of drug-likeness (QED) is 0.535. The molecule has 1 saturated heterocycles. The molecule has 0 aromatic carbocycles. The fourth-order valence-electron chi connectivity index (χ4n) is 5.70. The van der Waals surface area contributed by atoms with Crippen LogP contribution in [-0.2, 0) is 18.0 Å². The first-order chi connectivity index (χ1) is 10.2. The van der Waals surface area contributed by atoms with Crippen LogP contribution in [0.5, 0.6) is 0 Å². The van der Waals surface area contributed by atoms with Crippen molar-refractivity contribution in [3.05, 3.63) is 0 Å². The lowest BCUT2D eigenvalue weighted by molar-refractivity contribution is 0.0594. The van der Waals surface area contributed by atoms with Crippen molar-refractivity contribution in [2.24, 2.45) is 23.7 Å². The number of ether oxygens (including phenoxy) is 1. The molecule has 0 radical (unpaired) electrons. The molecule has 6 unspecified atom stereocenters. The van der Waals surface area contributed by atoms with Gasteiger partial charge in [-0.3, -0.25) is 0 Å². The molecule has 3 aliphatic carbocycles. The van der Waals surface area contributed by atoms with Gasteiger partial charge in [0, 0.05) is 25.4 Å². The topological polar surface area (TPSA) is 40.2 Å². The van der Waals surface area contributed by atoms with Gasteiger partial charge >= 0.3 is 8.80 Å². The van der Waals surface area contributed by atoms with Crippen molar-refractivity contribution in [3.63, 3.8) is 0 Å². The lowest BCUT2D eigenvalue weighted by atomic mass is 9.82. The van der Waals surface area contributed by atoms with Crippen molar-refractivity contribution in [1.82, 2.24) is 0 Å². The van der Waals surface area contributed by atoms with E-state index in [1.54, 1.807) is 0 Å². The van der Waals surface area contributed by atoms with E-state index in [1.807, 2.05) is 0 Å². The van der Waals surface area contributed by atoms with E-state index in [2.05, 4.69) is 20.8 Å². The largest absolute Gasteiger partial charge is 0.504 e. The van der Waals surface area contributed by atoms with Crippen LogP contribution >= 0.6 is 0 Å². The highest BCUT2D eigenvalue weighted by Gasteiger charge is 2.70. The van der Waals surface area contributed by atoms with Crippen LogP contribution < -0.4 is 0 Å². The number of hydrogen-bond donors (Lipinski definition) is 0. The third kappa shape index (κ3) is 2.08. The summed E-state index contributed by atoms with van der Waals surface area (Å²) in [4.78, 5) is 0. The third-order valence-electron chi connectivity index (χ3n) is 6.25. The molecular weight excluding hydrogens is 284 g/mol. The minimum atomic E-state index is -2.51. The zero-order valence-electron chi connectivity index (χ0n) is 13.4. The summed E-state index contributed by atoms with van der Waals surface area (Å²) in [5.41, 5.74) is 0.509. The fraction of sp³-hybridized carbons (Fsp3) is 1.00. The minimum absolute atomic E-state index is 0.509. The average molecular weight is 312 g/mol. The lowest BCUT2D eigenvalue weighted by Crippen LogP contribution is -2.50. The summed E-state index contributed by atoms with van der Waals surface area (Å²) in [5.74, 6) is 3.34. The van der Waals surface area contributed by atoms with E-state index in [-0.39, 0.29) is 0 Å². The molecule has 0 N–H and O–H groups in total. The Morgan fingerprint density at radius 1 is 0.762 bits per heavy atom. The lowest BCUT2D eigenvalue weighted by Gasteiger charge is -2.34. The van der Waals surface area contributed by atoms with Crippen LogP contribution in [0, 0.1) is 23.7 Å². The Bertz CT molecular complexity index is 365. The predicted molar refractivity (Wildman–Crippen MR) is 80.9 cm³/mol. The van der Waals surface area contributed by atoms with Crippen molar-refractivity contribution in [3.8, 4) is 0 Å². The third-order valence-corrected chi connectivity index (χ3v) is 9.79. The standard InChI is InChI=1S/C16H28O4Si/c1-4-17-21(18-5-2,19-6-3)10-7-11-12(8-10)14-9-13(11)15-16(14)20-15/h10-16H,4-9H2,1-3H3. The summed E-state index contributed by atoms with van der Waals surface area (Å²) >= 11 is 0. The number of hydrogen-bond acceptors (Lipinski definition) is 4. The smallest absolute Gasteiger partial charge is 0.374 e. The van der Waals surface area contributed by atoms with Crippen molar-refractivity contribution in [1.29, 1.82) is 0 Å². The SMILES string of the molecule is CCO[Si](OCC)(OCC)C1CC2C(C1)C1CC2C2OC12. The molecular formula is C16H28O4Si. The normalized spacial score (nSPS) is 46.7. The Kier molecular flexibility index (Phi) is 3.70. The molecule has 3 saturated carbocycles. The van der Waals surface area contributed by atoms with E-state index in [0.29, 0.717) is 37.6 Å². The van der Waals surface area contributed by atoms with Gasteiger partial charge in [-0.2, -0.15) is 0 Å². The number of epoxide rings is 1. The summed E-state index contributed by atoms with van der Waals surface area (Å²) in [6, 6.07) is 0. The Balaban J connectivity index is 1.52. The van der Waals surface area contributed by atoms with E-state index in [0.717, 1.165) is 23.7 Å². The zero-order chi connectivity index (χ0) is 14.6. The highest BCUT2D eigenvalue weighted by Crippen LogP contribution is 2.68. The summed E-state index contributed by atoms with van der Waals surface area (Å²) in [6.45, 7) is 8.25. The maximum atomic E-state index is 6.15. The highest BCUT2D eigenvalue weighted by molar-refractivity contribution is 6.62. The summed E-state index contributed by atoms with van der Waals surface area (Å²) in [5, 5.41) is 0. The van der Waals surface area contributed by atoms with E-state index < -0.39 is 8.80 Å². The van der Waals surface area contributed by atoms with Gasteiger partial charge in [-0.1, -0.05) is 0 Å². The first-order valence-electron chi connectivity index (χ1n) is 8.81. The molecule has 4 fully saturated rings. The molecule has 5 heteroatoms. The molecule has 2 bridgehead atoms. The summed E-state index contributed by atoms with van der Waals surface area (Å²) < 4.78 is 24.3. The number of rotatable bonds is 7. The molecule has 0 aromatic heterocycles. The highest BCUT2D eigenvalue weighted by atomic mass is 28.4. The van der Waals surface area contributed by atoms with Crippen LogP contribution in [-0.4, -0.2) is 40.8 Å². The average Bonchev–Trinajstić information content (AvgIpc) is 2.86. The molecule has 4 aliphatic rings. The van der Waals surface area contributed by atoms with Crippen molar-refractivity contribution in [2.75, 3.05) is 19.8 Å². The first kappa shape index (κ1) is 14.6. The predicted octanol–water partition coefficient (Wildman–Crippen LogP) is 2.85. The molecule has 4 nitrogen and oxygen atoms in total. The van der Waals surface area contributed by atoms with Gasteiger partial charge in [-0.25, -0.2) is 0 Å². The van der Waals surface area contributed by atoms with E-state index >= 15 is 0 Å². The summed E-state index contributed by atoms with van der Waals surface area (Å²) in [6.07, 6.45) is 5.12. The molecule has 4 rings (SSSR count). The Morgan fingerprint density at radius 2 is 1.24 bits per heavy atom. The molecule has 120 valence electrons. The monoisotopic (exact) mass is 312 g/mol. The van der Waals surface area contributed by atoms with E-state index in [4.69, 9.17) is 18.0 Å². The molecule has 6 atom stereocenters. The maximum absolute atomic E-state index is 6.15. The Labute approximate surface area is 128 Å². The van der Waals surface area contributed by atoms with Gasteiger partial charge in [0.2, 0.25) is 0 Å². The molecule has 0 aromatic rings. The van der Waals surface area contributed by atoms with Crippen LogP contribution in [0.4, 0.5) is 0 Å². The van der Waals surface area contributed by atoms with E-state index in [9.17, 15) is 0 Å². The number of fused-ring (bicyclic) bond motifs is 8. The second-order valence-electron chi connectivity index (χ2n) is 7.03. The second-order valence-corrected chi connectivity index (χ2v) is 9.92. The molecule has 0 amide bonds. The zero-order valence-corrected chi connectivity index (χ0v) is 14.4. The van der Waals surface area contributed by atoms with Crippen molar-refractivity contribution >= 4 is 8.80 Å². The van der Waals surface area contributed by atoms with Crippen LogP contribution in [0.15, 0.2) is 0 Å². The van der Waals surface area contributed by atoms with Crippen molar-refractivity contribution < 1.29 is 18.0 Å². The van der Waals surface area contributed by atoms with Gasteiger partial charge in [0.1, 0.15) is 0 Å². The van der Waals surface area contributed by atoms with Gasteiger partial charge < -0.3 is 18.0 Å². The van der Waals surface area contributed by atoms with Crippen LogP contribution in [0.25, 0.3) is 0 Å². The summed E-state index contributed by atoms with van der Waals surface area (Å²) in [7, 11) is -2.51. The van der Waals surface area contributed by atoms with Gasteiger partial charge in [0.05, 0.1) is 12.2 Å². The van der Waals surface area contributed by atoms with Gasteiger partial charge in [0.15, 0.2) is 0 Å². The Morgan fingerprint density at radius 3 is 1.67 bits per heavy atom. The fourth-order valence-corrected chi connectivity index (χ4v) is 8.99. The molecule has 21 heavy (non-hydrogen) atoms. The van der Waals surface area contributed by atoms with Crippen LogP contribution in [0.3, 0.4) is 0 Å². The minimum Gasteiger partial charge on any atom is -0.374 e. The molecule has 0 spiro atoms. The van der Waals surface area contributed by atoms with Crippen LogP contribution in [0.1, 0.15) is 40.0 Å². The van der Waals surface area contributed by atoms with Crippen molar-refractivity contribution in [2.45, 2.75) is 57.8 Å². The van der Waals surface area contributed by atoms with E-state index in [1.165, 1.54) is 19.3 Å². The first-order valence-corrected chi connectivity index (χ1v) is 10.6. The maximum Gasteiger partial charge on any atom is 0.504 e. The Hall–Kier alpha value is 0.0569. The van der Waals surface area contributed by atoms with Gasteiger partial charge in [-0.05, 0) is 63.7 Å². The van der Waals surface area contributed by atoms with Crippen LogP contribution in [0.2, 0.25) is 5.54 Å². The molecule has 1 heterocycles. The van der Waals surface area contributed by atoms with Gasteiger partial charge in [-0.15, -0.1) is 0 Å². The van der Waals surface area contributed by atoms with Gasteiger partial charge in [0.25, 0.3) is 0 Å².